The number of benzene rings is 1. The average molecular weight is 386 g/mol. The Bertz CT molecular complexity index is 860. The Morgan fingerprint density at radius 3 is 2.50 bits per heavy atom. The Kier molecular flexibility index (Phi) is 5.71. The molecule has 1 aliphatic heterocycles. The minimum absolute atomic E-state index is 0.0368. The molecule has 2 aliphatic rings. The molecule has 0 bridgehead atoms. The minimum Gasteiger partial charge on any atom is -0.450 e. The normalized spacial score (nSPS) is 23.6. The van der Waals surface area contributed by atoms with Gasteiger partial charge in [0.25, 0.3) is 0 Å². The molecule has 2 fully saturated rings. The van der Waals surface area contributed by atoms with Gasteiger partial charge in [-0.25, -0.2) is 9.59 Å². The van der Waals surface area contributed by atoms with Crippen molar-refractivity contribution in [3.63, 3.8) is 0 Å². The van der Waals surface area contributed by atoms with Crippen LogP contribution in [-0.2, 0) is 4.74 Å². The van der Waals surface area contributed by atoms with E-state index >= 15 is 0 Å². The number of hydrogen-bond acceptors (Lipinski definition) is 4. The standard InChI is InChI=1S/C21H30N4O3/c1-2-28-21(27)24(17-11-13-22-14-12-17)15-7-9-16(10-8-15)25-19-6-4-3-5-18(19)23-20(25)26/h3-6,15-17,22H,2,7-14H2,1H3,(H,23,26). The number of hydrogen-bond donors (Lipinski definition) is 2. The lowest BCUT2D eigenvalue weighted by atomic mass is 9.88. The third-order valence-electron chi connectivity index (χ3n) is 6.23. The van der Waals surface area contributed by atoms with E-state index < -0.39 is 0 Å². The molecule has 0 atom stereocenters. The van der Waals surface area contributed by atoms with Gasteiger partial charge in [0.05, 0.1) is 17.6 Å². The summed E-state index contributed by atoms with van der Waals surface area (Å²) in [5.74, 6) is 0. The molecule has 4 rings (SSSR count). The third-order valence-corrected chi connectivity index (χ3v) is 6.23. The highest BCUT2D eigenvalue weighted by molar-refractivity contribution is 5.75. The average Bonchev–Trinajstić information content (AvgIpc) is 3.05. The SMILES string of the molecule is CCOC(=O)N(C1CCNCC1)C1CCC(n2c(=O)[nH]c3ccccc32)CC1. The summed E-state index contributed by atoms with van der Waals surface area (Å²) < 4.78 is 7.30. The quantitative estimate of drug-likeness (QED) is 0.847. The second-order valence-electron chi connectivity index (χ2n) is 7.87. The topological polar surface area (TPSA) is 79.4 Å². The molecule has 1 saturated heterocycles. The summed E-state index contributed by atoms with van der Waals surface area (Å²) in [5.41, 5.74) is 1.82. The van der Waals surface area contributed by atoms with Crippen molar-refractivity contribution in [3.05, 3.63) is 34.7 Å². The largest absolute Gasteiger partial charge is 0.450 e. The maximum Gasteiger partial charge on any atom is 0.410 e. The molecule has 2 heterocycles. The number of nitrogens with zero attached hydrogens (tertiary/aromatic N) is 2. The van der Waals surface area contributed by atoms with E-state index in [-0.39, 0.29) is 29.9 Å². The van der Waals surface area contributed by atoms with Gasteiger partial charge in [-0.2, -0.15) is 0 Å². The number of carbonyl (C=O) groups excluding carboxylic acids is 1. The Morgan fingerprint density at radius 1 is 1.11 bits per heavy atom. The maximum absolute atomic E-state index is 12.7. The molecule has 1 aromatic carbocycles. The summed E-state index contributed by atoms with van der Waals surface area (Å²) in [5, 5.41) is 3.37. The molecule has 28 heavy (non-hydrogen) atoms. The number of amides is 1. The Balaban J connectivity index is 1.50. The lowest BCUT2D eigenvalue weighted by Crippen LogP contribution is -2.52. The highest BCUT2D eigenvalue weighted by atomic mass is 16.6. The first-order chi connectivity index (χ1) is 13.7. The van der Waals surface area contributed by atoms with Gasteiger partial charge in [0.2, 0.25) is 0 Å². The van der Waals surface area contributed by atoms with Crippen molar-refractivity contribution in [2.45, 2.75) is 63.6 Å². The van der Waals surface area contributed by atoms with E-state index in [2.05, 4.69) is 10.3 Å². The van der Waals surface area contributed by atoms with E-state index in [4.69, 9.17) is 4.74 Å². The van der Waals surface area contributed by atoms with Crippen molar-refractivity contribution in [2.75, 3.05) is 19.7 Å². The molecule has 1 aromatic heterocycles. The molecule has 7 nitrogen and oxygen atoms in total. The first-order valence-electron chi connectivity index (χ1n) is 10.5. The molecule has 0 radical (unpaired) electrons. The molecular formula is C21H30N4O3. The zero-order chi connectivity index (χ0) is 19.5. The zero-order valence-electron chi connectivity index (χ0n) is 16.5. The van der Waals surface area contributed by atoms with Crippen LogP contribution in [0.3, 0.4) is 0 Å². The van der Waals surface area contributed by atoms with Crippen molar-refractivity contribution < 1.29 is 9.53 Å². The fourth-order valence-corrected chi connectivity index (χ4v) is 4.91. The summed E-state index contributed by atoms with van der Waals surface area (Å²) in [6.45, 7) is 4.15. The number of para-hydroxylation sites is 2. The molecule has 152 valence electrons. The van der Waals surface area contributed by atoms with E-state index in [0.717, 1.165) is 62.6 Å². The second kappa shape index (κ2) is 8.39. The Labute approximate surface area is 165 Å². The Hall–Kier alpha value is -2.28. The van der Waals surface area contributed by atoms with Crippen molar-refractivity contribution in [2.24, 2.45) is 0 Å². The molecule has 1 aliphatic carbocycles. The minimum atomic E-state index is -0.179. The third kappa shape index (κ3) is 3.68. The highest BCUT2D eigenvalue weighted by Gasteiger charge is 2.36. The van der Waals surface area contributed by atoms with Crippen LogP contribution in [0.4, 0.5) is 4.79 Å². The van der Waals surface area contributed by atoms with Crippen LogP contribution in [0.1, 0.15) is 51.5 Å². The van der Waals surface area contributed by atoms with Gasteiger partial charge in [-0.3, -0.25) is 4.57 Å². The fourth-order valence-electron chi connectivity index (χ4n) is 4.91. The monoisotopic (exact) mass is 386 g/mol. The Morgan fingerprint density at radius 2 is 1.79 bits per heavy atom. The van der Waals surface area contributed by atoms with Gasteiger partial charge >= 0.3 is 11.8 Å². The van der Waals surface area contributed by atoms with Crippen molar-refractivity contribution in [1.82, 2.24) is 19.8 Å². The van der Waals surface area contributed by atoms with Gasteiger partial charge in [0.1, 0.15) is 0 Å². The van der Waals surface area contributed by atoms with Gasteiger partial charge in [-0.15, -0.1) is 0 Å². The lowest BCUT2D eigenvalue weighted by molar-refractivity contribution is 0.0459. The van der Waals surface area contributed by atoms with Crippen molar-refractivity contribution in [1.29, 1.82) is 0 Å². The van der Waals surface area contributed by atoms with Gasteiger partial charge in [0, 0.05) is 18.1 Å². The van der Waals surface area contributed by atoms with E-state index in [9.17, 15) is 9.59 Å². The van der Waals surface area contributed by atoms with Crippen LogP contribution in [0, 0.1) is 0 Å². The van der Waals surface area contributed by atoms with Gasteiger partial charge in [0.15, 0.2) is 0 Å². The first-order valence-corrected chi connectivity index (χ1v) is 10.5. The predicted molar refractivity (Wildman–Crippen MR) is 109 cm³/mol. The zero-order valence-corrected chi connectivity index (χ0v) is 16.5. The number of aromatic amines is 1. The van der Waals surface area contributed by atoms with Crippen molar-refractivity contribution >= 4 is 17.1 Å². The molecular weight excluding hydrogens is 356 g/mol. The number of rotatable bonds is 4. The van der Waals surface area contributed by atoms with Crippen LogP contribution < -0.4 is 11.0 Å². The summed E-state index contributed by atoms with van der Waals surface area (Å²) in [6, 6.07) is 8.47. The number of H-pyrrole nitrogens is 1. The number of fused-ring (bicyclic) bond motifs is 1. The van der Waals surface area contributed by atoms with E-state index in [1.165, 1.54) is 0 Å². The van der Waals surface area contributed by atoms with Crippen LogP contribution in [0.2, 0.25) is 0 Å². The number of ether oxygens (including phenoxy) is 1. The summed E-state index contributed by atoms with van der Waals surface area (Å²) in [7, 11) is 0. The van der Waals surface area contributed by atoms with Crippen molar-refractivity contribution in [3.8, 4) is 0 Å². The summed E-state index contributed by atoms with van der Waals surface area (Å²) in [4.78, 5) is 30.2. The van der Waals surface area contributed by atoms with Crippen LogP contribution in [0.15, 0.2) is 29.1 Å². The molecule has 1 saturated carbocycles. The summed E-state index contributed by atoms with van der Waals surface area (Å²) >= 11 is 0. The van der Waals surface area contributed by atoms with Gasteiger partial charge < -0.3 is 19.9 Å². The fraction of sp³-hybridized carbons (Fsp3) is 0.619. The number of carbonyl (C=O) groups is 1. The first kappa shape index (κ1) is 19.1. The maximum atomic E-state index is 12.7. The molecule has 2 aromatic rings. The lowest BCUT2D eigenvalue weighted by Gasteiger charge is -2.42. The van der Waals surface area contributed by atoms with Crippen LogP contribution in [0.5, 0.6) is 0 Å². The van der Waals surface area contributed by atoms with Gasteiger partial charge in [-0.05, 0) is 70.7 Å². The van der Waals surface area contributed by atoms with E-state index in [1.54, 1.807) is 0 Å². The number of imidazole rings is 1. The van der Waals surface area contributed by atoms with E-state index in [1.807, 2.05) is 40.7 Å². The highest BCUT2D eigenvalue weighted by Crippen LogP contribution is 2.34. The van der Waals surface area contributed by atoms with Crippen LogP contribution >= 0.6 is 0 Å². The number of nitrogens with one attached hydrogen (secondary N) is 2. The van der Waals surface area contributed by atoms with E-state index in [0.29, 0.717) is 6.61 Å². The molecule has 1 amide bonds. The molecule has 0 spiro atoms. The molecule has 0 unspecified atom stereocenters. The number of aromatic nitrogens is 2. The smallest absolute Gasteiger partial charge is 0.410 e. The van der Waals surface area contributed by atoms with Crippen LogP contribution in [-0.4, -0.2) is 52.3 Å². The van der Waals surface area contributed by atoms with Gasteiger partial charge in [-0.1, -0.05) is 12.1 Å². The number of piperidine rings is 1. The molecule has 2 N–H and O–H groups in total. The second-order valence-corrected chi connectivity index (χ2v) is 7.87. The van der Waals surface area contributed by atoms with Crippen LogP contribution in [0.25, 0.3) is 11.0 Å². The summed E-state index contributed by atoms with van der Waals surface area (Å²) in [6.07, 6.45) is 5.36. The predicted octanol–water partition coefficient (Wildman–Crippen LogP) is 3.02. The molecule has 7 heteroatoms.